The summed E-state index contributed by atoms with van der Waals surface area (Å²) in [5.74, 6) is -1.90. The minimum absolute atomic E-state index is 0.361. The van der Waals surface area contributed by atoms with Gasteiger partial charge in [-0.1, -0.05) is 54.1 Å². The number of nitrogens with zero attached hydrogens (tertiary/aromatic N) is 1. The van der Waals surface area contributed by atoms with E-state index in [9.17, 15) is 14.4 Å². The topological polar surface area (TPSA) is 96.9 Å². The molecule has 0 unspecified atom stereocenters. The molecule has 0 aliphatic rings. The number of anilines is 1. The number of fused-ring (bicyclic) bond motifs is 1. The van der Waals surface area contributed by atoms with Crippen molar-refractivity contribution in [1.29, 1.82) is 0 Å². The fourth-order valence-corrected chi connectivity index (χ4v) is 3.50. The van der Waals surface area contributed by atoms with E-state index in [-0.39, 0.29) is 0 Å². The van der Waals surface area contributed by atoms with E-state index in [2.05, 4.69) is 15.8 Å². The second-order valence-corrected chi connectivity index (χ2v) is 7.96. The number of carbonyl (C=O) groups excluding carboxylic acids is 3. The minimum atomic E-state index is -0.929. The molecule has 7 nitrogen and oxygen atoms in total. The summed E-state index contributed by atoms with van der Waals surface area (Å²) >= 11 is 6.02. The molecule has 0 radical (unpaired) electrons. The second-order valence-electron chi connectivity index (χ2n) is 7.55. The highest BCUT2D eigenvalue weighted by molar-refractivity contribution is 6.40. The molecule has 35 heavy (non-hydrogen) atoms. The molecule has 0 saturated heterocycles. The zero-order valence-electron chi connectivity index (χ0n) is 18.6. The van der Waals surface area contributed by atoms with Gasteiger partial charge in [-0.15, -0.1) is 0 Å². The van der Waals surface area contributed by atoms with Crippen LogP contribution in [0.25, 0.3) is 10.8 Å². The molecule has 0 aliphatic heterocycles. The van der Waals surface area contributed by atoms with Gasteiger partial charge in [0.05, 0.1) is 11.8 Å². The van der Waals surface area contributed by atoms with Gasteiger partial charge in [0.1, 0.15) is 5.75 Å². The van der Waals surface area contributed by atoms with E-state index in [1.165, 1.54) is 6.21 Å². The van der Waals surface area contributed by atoms with Crippen LogP contribution in [0, 0.1) is 6.92 Å². The van der Waals surface area contributed by atoms with Crippen LogP contribution in [0.15, 0.2) is 90.0 Å². The van der Waals surface area contributed by atoms with Crippen LogP contribution in [-0.4, -0.2) is 24.0 Å². The van der Waals surface area contributed by atoms with Crippen molar-refractivity contribution in [1.82, 2.24) is 5.43 Å². The molecule has 4 rings (SSSR count). The molecule has 4 aromatic rings. The Morgan fingerprint density at radius 3 is 2.37 bits per heavy atom. The van der Waals surface area contributed by atoms with Crippen LogP contribution in [0.4, 0.5) is 5.69 Å². The molecule has 4 aromatic carbocycles. The lowest BCUT2D eigenvalue weighted by Gasteiger charge is -2.08. The van der Waals surface area contributed by atoms with E-state index in [0.29, 0.717) is 33.1 Å². The predicted octanol–water partition coefficient (Wildman–Crippen LogP) is 5.11. The first-order chi connectivity index (χ1) is 16.9. The molecule has 0 spiro atoms. The molecule has 174 valence electrons. The van der Waals surface area contributed by atoms with Crippen LogP contribution < -0.4 is 15.5 Å². The van der Waals surface area contributed by atoms with Crippen LogP contribution in [-0.2, 0) is 9.59 Å². The Hall–Kier alpha value is -4.49. The van der Waals surface area contributed by atoms with Crippen molar-refractivity contribution in [2.24, 2.45) is 5.10 Å². The number of benzene rings is 4. The Labute approximate surface area is 206 Å². The smallest absolute Gasteiger partial charge is 0.344 e. The van der Waals surface area contributed by atoms with Gasteiger partial charge in [0.15, 0.2) is 0 Å². The van der Waals surface area contributed by atoms with Crippen molar-refractivity contribution < 1.29 is 19.1 Å². The summed E-state index contributed by atoms with van der Waals surface area (Å²) in [7, 11) is 0. The van der Waals surface area contributed by atoms with Crippen molar-refractivity contribution in [2.75, 3.05) is 5.32 Å². The van der Waals surface area contributed by atoms with Gasteiger partial charge >= 0.3 is 17.8 Å². The number of carbonyl (C=O) groups is 3. The highest BCUT2D eigenvalue weighted by atomic mass is 35.5. The summed E-state index contributed by atoms with van der Waals surface area (Å²) < 4.78 is 5.50. The van der Waals surface area contributed by atoms with E-state index in [1.807, 2.05) is 36.4 Å². The zero-order valence-corrected chi connectivity index (χ0v) is 19.4. The highest BCUT2D eigenvalue weighted by Crippen LogP contribution is 2.23. The van der Waals surface area contributed by atoms with Gasteiger partial charge < -0.3 is 10.1 Å². The fraction of sp³-hybridized carbons (Fsp3) is 0.0370. The number of nitrogens with one attached hydrogen (secondary N) is 2. The third-order valence-electron chi connectivity index (χ3n) is 5.20. The number of ether oxygens (including phenoxy) is 1. The van der Waals surface area contributed by atoms with Crippen LogP contribution in [0.5, 0.6) is 5.75 Å². The summed E-state index contributed by atoms with van der Waals surface area (Å²) in [4.78, 5) is 36.7. The normalized spacial score (nSPS) is 10.8. The molecule has 0 aromatic heterocycles. The van der Waals surface area contributed by atoms with Gasteiger partial charge in [-0.3, -0.25) is 9.59 Å². The fourth-order valence-electron chi connectivity index (χ4n) is 3.33. The number of amides is 2. The number of hydrogen-bond donors (Lipinski definition) is 2. The molecule has 0 atom stereocenters. The van der Waals surface area contributed by atoms with E-state index < -0.39 is 17.8 Å². The van der Waals surface area contributed by atoms with E-state index in [4.69, 9.17) is 16.3 Å². The summed E-state index contributed by atoms with van der Waals surface area (Å²) in [6, 6.07) is 24.6. The molecule has 0 heterocycles. The lowest BCUT2D eigenvalue weighted by Crippen LogP contribution is -2.32. The Balaban J connectivity index is 1.33. The van der Waals surface area contributed by atoms with Gasteiger partial charge in [0.2, 0.25) is 0 Å². The maximum atomic E-state index is 12.7. The van der Waals surface area contributed by atoms with E-state index >= 15 is 0 Å². The Morgan fingerprint density at radius 2 is 1.57 bits per heavy atom. The summed E-state index contributed by atoms with van der Waals surface area (Å²) in [5.41, 5.74) is 4.36. The van der Waals surface area contributed by atoms with Gasteiger partial charge in [-0.25, -0.2) is 10.2 Å². The second kappa shape index (κ2) is 10.6. The van der Waals surface area contributed by atoms with Crippen molar-refractivity contribution in [3.63, 3.8) is 0 Å². The van der Waals surface area contributed by atoms with Crippen molar-refractivity contribution in [3.8, 4) is 5.75 Å². The van der Waals surface area contributed by atoms with Gasteiger partial charge in [-0.05, 0) is 71.3 Å². The number of halogens is 1. The van der Waals surface area contributed by atoms with Crippen molar-refractivity contribution in [3.05, 3.63) is 107 Å². The first-order valence-corrected chi connectivity index (χ1v) is 11.0. The number of hydrazone groups is 1. The Bertz CT molecular complexity index is 1440. The largest absolute Gasteiger partial charge is 0.423 e. The molecule has 0 saturated carbocycles. The monoisotopic (exact) mass is 485 g/mol. The molecule has 2 N–H and O–H groups in total. The maximum absolute atomic E-state index is 12.7. The number of rotatable bonds is 5. The Morgan fingerprint density at radius 1 is 0.857 bits per heavy atom. The first kappa shape index (κ1) is 23.7. The highest BCUT2D eigenvalue weighted by Gasteiger charge is 2.15. The average molecular weight is 486 g/mol. The zero-order chi connectivity index (χ0) is 24.8. The molecular weight excluding hydrogens is 466 g/mol. The third kappa shape index (κ3) is 5.72. The Kier molecular flexibility index (Phi) is 7.18. The number of esters is 1. The van der Waals surface area contributed by atoms with Crippen LogP contribution in [0.2, 0.25) is 5.02 Å². The van der Waals surface area contributed by atoms with Gasteiger partial charge in [0.25, 0.3) is 0 Å². The van der Waals surface area contributed by atoms with Gasteiger partial charge in [0, 0.05) is 10.7 Å². The molecular formula is C27H20ClN3O4. The maximum Gasteiger partial charge on any atom is 0.344 e. The van der Waals surface area contributed by atoms with E-state index in [1.54, 1.807) is 55.5 Å². The lowest BCUT2D eigenvalue weighted by atomic mass is 10.0. The quantitative estimate of drug-likeness (QED) is 0.135. The van der Waals surface area contributed by atoms with E-state index in [0.717, 1.165) is 10.8 Å². The van der Waals surface area contributed by atoms with Crippen LogP contribution >= 0.6 is 11.6 Å². The van der Waals surface area contributed by atoms with Crippen LogP contribution in [0.1, 0.15) is 21.5 Å². The van der Waals surface area contributed by atoms with Crippen LogP contribution in [0.3, 0.4) is 0 Å². The third-order valence-corrected chi connectivity index (χ3v) is 5.61. The first-order valence-electron chi connectivity index (χ1n) is 10.6. The lowest BCUT2D eigenvalue weighted by molar-refractivity contribution is -0.136. The molecule has 0 fully saturated rings. The molecule has 2 amide bonds. The molecule has 0 bridgehead atoms. The van der Waals surface area contributed by atoms with Crippen molar-refractivity contribution >= 4 is 52.1 Å². The SMILES string of the molecule is Cc1c(Cl)cccc1NC(=O)C(=O)N/N=C\c1ccc(OC(=O)c2cccc3ccccc23)cc1. The minimum Gasteiger partial charge on any atom is -0.423 e. The van der Waals surface area contributed by atoms with Gasteiger partial charge in [-0.2, -0.15) is 5.10 Å². The summed E-state index contributed by atoms with van der Waals surface area (Å²) in [6.45, 7) is 1.73. The van der Waals surface area contributed by atoms with Crippen molar-refractivity contribution in [2.45, 2.75) is 6.92 Å². The molecule has 8 heteroatoms. The molecule has 0 aliphatic carbocycles. The predicted molar refractivity (Wildman–Crippen MR) is 136 cm³/mol. The standard InChI is InChI=1S/C27H20ClN3O4/c1-17-23(28)10-5-11-24(17)30-25(32)26(33)31-29-16-18-12-14-20(15-13-18)35-27(34)22-9-4-7-19-6-2-3-8-21(19)22/h2-16H,1H3,(H,30,32)(H,31,33)/b29-16-. The summed E-state index contributed by atoms with van der Waals surface area (Å²) in [6.07, 6.45) is 1.37. The average Bonchev–Trinajstić information content (AvgIpc) is 2.87. The summed E-state index contributed by atoms with van der Waals surface area (Å²) in [5, 5.41) is 8.53. The number of hydrogen-bond acceptors (Lipinski definition) is 5.